The van der Waals surface area contributed by atoms with Crippen LogP contribution in [0.15, 0.2) is 12.1 Å². The number of benzene rings is 1. The lowest BCUT2D eigenvalue weighted by Gasteiger charge is -2.16. The summed E-state index contributed by atoms with van der Waals surface area (Å²) in [6.45, 7) is 6.91. The Bertz CT molecular complexity index is 498. The van der Waals surface area contributed by atoms with E-state index in [2.05, 4.69) is 17.4 Å². The average Bonchev–Trinajstić information content (AvgIpc) is 3.16. The van der Waals surface area contributed by atoms with Crippen molar-refractivity contribution < 1.29 is 14.6 Å². The van der Waals surface area contributed by atoms with Crippen molar-refractivity contribution in [1.82, 2.24) is 5.32 Å². The lowest BCUT2D eigenvalue weighted by atomic mass is 10.0. The Morgan fingerprint density at radius 2 is 1.90 bits per heavy atom. The topological polar surface area (TPSA) is 58.6 Å². The van der Waals surface area contributed by atoms with E-state index in [0.29, 0.717) is 6.54 Å². The molecule has 0 saturated heterocycles. The molecule has 0 heterocycles. The number of carbonyl (C=O) groups excluding carboxylic acids is 1. The lowest BCUT2D eigenvalue weighted by Crippen LogP contribution is -2.34. The van der Waals surface area contributed by atoms with Gasteiger partial charge in [-0.1, -0.05) is 17.7 Å². The minimum atomic E-state index is -0.0985. The summed E-state index contributed by atoms with van der Waals surface area (Å²) < 4.78 is 5.67. The number of hydrogen-bond donors (Lipinski definition) is 2. The Labute approximate surface area is 126 Å². The molecule has 1 fully saturated rings. The molecule has 0 unspecified atom stereocenters. The number of aliphatic hydroxyl groups excluding tert-OH is 1. The smallest absolute Gasteiger partial charge is 0.257 e. The second-order valence-corrected chi connectivity index (χ2v) is 6.27. The van der Waals surface area contributed by atoms with Gasteiger partial charge in [-0.2, -0.15) is 0 Å². The van der Waals surface area contributed by atoms with Crippen LogP contribution in [0.4, 0.5) is 0 Å². The fourth-order valence-corrected chi connectivity index (χ4v) is 2.80. The van der Waals surface area contributed by atoms with Gasteiger partial charge in [-0.15, -0.1) is 0 Å². The second kappa shape index (κ2) is 6.48. The molecule has 1 aromatic carbocycles. The zero-order chi connectivity index (χ0) is 15.5. The summed E-state index contributed by atoms with van der Waals surface area (Å²) in [7, 11) is 0. The van der Waals surface area contributed by atoms with Gasteiger partial charge in [0, 0.05) is 13.2 Å². The van der Waals surface area contributed by atoms with Crippen LogP contribution in [-0.2, 0) is 4.79 Å². The third-order valence-corrected chi connectivity index (χ3v) is 4.21. The number of amides is 1. The van der Waals surface area contributed by atoms with Gasteiger partial charge in [0.15, 0.2) is 6.61 Å². The molecule has 2 N–H and O–H groups in total. The summed E-state index contributed by atoms with van der Waals surface area (Å²) in [4.78, 5) is 11.9. The molecule has 0 aromatic heterocycles. The number of hydrogen-bond acceptors (Lipinski definition) is 3. The molecule has 1 aliphatic carbocycles. The fraction of sp³-hybridized carbons (Fsp3) is 0.588. The van der Waals surface area contributed by atoms with Gasteiger partial charge in [0.2, 0.25) is 0 Å². The van der Waals surface area contributed by atoms with Gasteiger partial charge < -0.3 is 15.2 Å². The summed E-state index contributed by atoms with van der Waals surface area (Å²) >= 11 is 0. The number of rotatable bonds is 7. The van der Waals surface area contributed by atoms with Gasteiger partial charge in [0.1, 0.15) is 5.75 Å². The van der Waals surface area contributed by atoms with E-state index < -0.39 is 0 Å². The van der Waals surface area contributed by atoms with Crippen LogP contribution in [0.25, 0.3) is 0 Å². The van der Waals surface area contributed by atoms with Crippen LogP contribution in [0, 0.1) is 26.2 Å². The second-order valence-electron chi connectivity index (χ2n) is 6.27. The minimum Gasteiger partial charge on any atom is -0.483 e. The number of carbonyl (C=O) groups is 1. The highest BCUT2D eigenvalue weighted by molar-refractivity contribution is 5.77. The summed E-state index contributed by atoms with van der Waals surface area (Å²) in [5, 5.41) is 11.9. The molecule has 1 saturated carbocycles. The molecule has 0 bridgehead atoms. The summed E-state index contributed by atoms with van der Waals surface area (Å²) in [6.07, 6.45) is 2.94. The minimum absolute atomic E-state index is 0.0416. The molecular weight excluding hydrogens is 266 g/mol. The molecular formula is C17H25NO3. The van der Waals surface area contributed by atoms with E-state index in [4.69, 9.17) is 9.84 Å². The molecule has 116 valence electrons. The monoisotopic (exact) mass is 291 g/mol. The van der Waals surface area contributed by atoms with Gasteiger partial charge in [-0.25, -0.2) is 0 Å². The van der Waals surface area contributed by atoms with Gasteiger partial charge in [0.05, 0.1) is 0 Å². The lowest BCUT2D eigenvalue weighted by molar-refractivity contribution is -0.123. The van der Waals surface area contributed by atoms with Crippen molar-refractivity contribution in [2.24, 2.45) is 5.41 Å². The molecule has 1 amide bonds. The van der Waals surface area contributed by atoms with E-state index in [9.17, 15) is 4.79 Å². The van der Waals surface area contributed by atoms with Gasteiger partial charge in [-0.05, 0) is 56.6 Å². The van der Waals surface area contributed by atoms with E-state index >= 15 is 0 Å². The largest absolute Gasteiger partial charge is 0.483 e. The maximum atomic E-state index is 11.9. The van der Waals surface area contributed by atoms with E-state index in [1.54, 1.807) is 0 Å². The van der Waals surface area contributed by atoms with Crippen LogP contribution < -0.4 is 10.1 Å². The van der Waals surface area contributed by atoms with Crippen molar-refractivity contribution in [3.05, 3.63) is 28.8 Å². The zero-order valence-corrected chi connectivity index (χ0v) is 13.2. The molecule has 1 aliphatic rings. The van der Waals surface area contributed by atoms with Crippen LogP contribution in [0.2, 0.25) is 0 Å². The molecule has 4 nitrogen and oxygen atoms in total. The Balaban J connectivity index is 1.82. The molecule has 2 rings (SSSR count). The van der Waals surface area contributed by atoms with Crippen molar-refractivity contribution in [2.75, 3.05) is 19.8 Å². The molecule has 0 atom stereocenters. The molecule has 0 spiro atoms. The first-order valence-electron chi connectivity index (χ1n) is 7.54. The number of aliphatic hydroxyl groups is 1. The van der Waals surface area contributed by atoms with Gasteiger partial charge >= 0.3 is 0 Å². The average molecular weight is 291 g/mol. The summed E-state index contributed by atoms with van der Waals surface area (Å²) in [5.41, 5.74) is 3.44. The molecule has 0 radical (unpaired) electrons. The van der Waals surface area contributed by atoms with Crippen LogP contribution in [-0.4, -0.2) is 30.8 Å². The highest BCUT2D eigenvalue weighted by Crippen LogP contribution is 2.47. The van der Waals surface area contributed by atoms with Crippen LogP contribution in [0.1, 0.15) is 36.0 Å². The van der Waals surface area contributed by atoms with Crippen LogP contribution in [0.3, 0.4) is 0 Å². The number of aryl methyl sites for hydroxylation is 3. The zero-order valence-electron chi connectivity index (χ0n) is 13.2. The van der Waals surface area contributed by atoms with Crippen LogP contribution in [0.5, 0.6) is 5.75 Å². The maximum Gasteiger partial charge on any atom is 0.257 e. The third kappa shape index (κ3) is 4.21. The normalized spacial score (nSPS) is 15.6. The first kappa shape index (κ1) is 15.8. The molecule has 0 aliphatic heterocycles. The Morgan fingerprint density at radius 3 is 2.43 bits per heavy atom. The summed E-state index contributed by atoms with van der Waals surface area (Å²) in [6, 6.07) is 4.11. The summed E-state index contributed by atoms with van der Waals surface area (Å²) in [5.74, 6) is 0.700. The predicted molar refractivity (Wildman–Crippen MR) is 82.5 cm³/mol. The van der Waals surface area contributed by atoms with Crippen LogP contribution >= 0.6 is 0 Å². The quantitative estimate of drug-likeness (QED) is 0.810. The molecule has 21 heavy (non-hydrogen) atoms. The van der Waals surface area contributed by atoms with E-state index in [0.717, 1.165) is 36.1 Å². The number of nitrogens with one attached hydrogen (secondary N) is 1. The van der Waals surface area contributed by atoms with Crippen molar-refractivity contribution in [3.8, 4) is 5.75 Å². The van der Waals surface area contributed by atoms with Crippen molar-refractivity contribution >= 4 is 5.91 Å². The highest BCUT2D eigenvalue weighted by atomic mass is 16.5. The SMILES string of the molecule is Cc1cc(C)c(OCC(=O)NCC2(CCO)CC2)c(C)c1. The molecule has 4 heteroatoms. The van der Waals surface area contributed by atoms with Crippen molar-refractivity contribution in [3.63, 3.8) is 0 Å². The maximum absolute atomic E-state index is 11.9. The predicted octanol–water partition coefficient (Wildman–Crippen LogP) is 2.27. The first-order chi connectivity index (χ1) is 9.96. The van der Waals surface area contributed by atoms with Gasteiger partial charge in [-0.3, -0.25) is 4.79 Å². The highest BCUT2D eigenvalue weighted by Gasteiger charge is 2.41. The Kier molecular flexibility index (Phi) is 4.88. The van der Waals surface area contributed by atoms with E-state index in [1.807, 2.05) is 20.8 Å². The Hall–Kier alpha value is -1.55. The fourth-order valence-electron chi connectivity index (χ4n) is 2.80. The first-order valence-corrected chi connectivity index (χ1v) is 7.54. The standard InChI is InChI=1S/C17H25NO3/c1-12-8-13(2)16(14(3)9-12)21-10-15(20)18-11-17(4-5-17)6-7-19/h8-9,19H,4-7,10-11H2,1-3H3,(H,18,20). The third-order valence-electron chi connectivity index (χ3n) is 4.21. The van der Waals surface area contributed by atoms with Gasteiger partial charge in [0.25, 0.3) is 5.91 Å². The Morgan fingerprint density at radius 1 is 1.29 bits per heavy atom. The molecule has 1 aromatic rings. The van der Waals surface area contributed by atoms with E-state index in [1.165, 1.54) is 5.56 Å². The van der Waals surface area contributed by atoms with E-state index in [-0.39, 0.29) is 24.5 Å². The number of ether oxygens (including phenoxy) is 1. The van der Waals surface area contributed by atoms with Crippen molar-refractivity contribution in [1.29, 1.82) is 0 Å². The van der Waals surface area contributed by atoms with Crippen molar-refractivity contribution in [2.45, 2.75) is 40.0 Å².